The first-order chi connectivity index (χ1) is 12.2. The molecule has 2 aromatic rings. The summed E-state index contributed by atoms with van der Waals surface area (Å²) in [6.07, 6.45) is 1.40. The zero-order valence-corrected chi connectivity index (χ0v) is 15.4. The summed E-state index contributed by atoms with van der Waals surface area (Å²) in [5.41, 5.74) is 1.48. The smallest absolute Gasteiger partial charge is 0.413 e. The third-order valence-electron chi connectivity index (χ3n) is 3.38. The van der Waals surface area contributed by atoms with Gasteiger partial charge in [0.05, 0.1) is 6.61 Å². The van der Waals surface area contributed by atoms with Gasteiger partial charge in [0.15, 0.2) is 0 Å². The molecule has 0 fully saturated rings. The van der Waals surface area contributed by atoms with E-state index >= 15 is 0 Å². The topological polar surface area (TPSA) is 71.4 Å². The van der Waals surface area contributed by atoms with Crippen molar-refractivity contribution in [3.8, 4) is 5.75 Å². The average molecular weight is 405 g/mol. The Balaban J connectivity index is 1.76. The number of carbonyl (C=O) groups is 1. The van der Waals surface area contributed by atoms with Crippen LogP contribution in [0.3, 0.4) is 0 Å². The van der Waals surface area contributed by atoms with Gasteiger partial charge in [-0.25, -0.2) is 4.79 Å². The second kappa shape index (κ2) is 10.5. The number of carbonyl (C=O) groups excluding carboxylic acids is 1. The number of rotatable bonds is 8. The summed E-state index contributed by atoms with van der Waals surface area (Å²) in [4.78, 5) is 11.8. The van der Waals surface area contributed by atoms with Gasteiger partial charge in [0.1, 0.15) is 18.2 Å². The minimum Gasteiger partial charge on any atom is -0.494 e. The van der Waals surface area contributed by atoms with E-state index in [0.717, 1.165) is 29.5 Å². The van der Waals surface area contributed by atoms with Gasteiger partial charge in [-0.05, 0) is 42.7 Å². The van der Waals surface area contributed by atoms with Crippen molar-refractivity contribution in [2.45, 2.75) is 19.4 Å². The molecule has 0 saturated heterocycles. The summed E-state index contributed by atoms with van der Waals surface area (Å²) in [5.74, 6) is 0.738. The van der Waals surface area contributed by atoms with E-state index in [2.05, 4.69) is 21.2 Å². The Kier molecular flexibility index (Phi) is 7.98. The lowest BCUT2D eigenvalue weighted by molar-refractivity contribution is 0.145. The molecule has 2 N–H and O–H groups in total. The maximum Gasteiger partial charge on any atom is 0.413 e. The lowest BCUT2D eigenvalue weighted by Gasteiger charge is -2.09. The summed E-state index contributed by atoms with van der Waals surface area (Å²) < 4.78 is 10.7. The molecule has 0 radical (unpaired) electrons. The van der Waals surface area contributed by atoms with Gasteiger partial charge in [0, 0.05) is 10.9 Å². The average Bonchev–Trinajstić information content (AvgIpc) is 2.65. The fourth-order valence-corrected chi connectivity index (χ4v) is 2.43. The van der Waals surface area contributed by atoms with Crippen molar-refractivity contribution in [3.05, 3.63) is 65.7 Å². The van der Waals surface area contributed by atoms with Crippen molar-refractivity contribution < 1.29 is 14.3 Å². The summed E-state index contributed by atoms with van der Waals surface area (Å²) in [5, 5.41) is 11.3. The van der Waals surface area contributed by atoms with E-state index in [9.17, 15) is 4.79 Å². The van der Waals surface area contributed by atoms with Crippen LogP contribution in [0.15, 0.2) is 54.6 Å². The highest BCUT2D eigenvalue weighted by molar-refractivity contribution is 9.09. The number of alkyl carbamates (subject to hydrolysis) is 1. The maximum absolute atomic E-state index is 11.8. The van der Waals surface area contributed by atoms with E-state index in [0.29, 0.717) is 12.2 Å². The fraction of sp³-hybridized carbons (Fsp3) is 0.263. The monoisotopic (exact) mass is 404 g/mol. The molecule has 0 unspecified atom stereocenters. The number of nitrogens with one attached hydrogen (secondary N) is 2. The van der Waals surface area contributed by atoms with Crippen LogP contribution in [0, 0.1) is 5.41 Å². The Hall–Kier alpha value is -2.34. The third-order valence-corrected chi connectivity index (χ3v) is 3.94. The highest BCUT2D eigenvalue weighted by Crippen LogP contribution is 2.13. The largest absolute Gasteiger partial charge is 0.494 e. The highest BCUT2D eigenvalue weighted by atomic mass is 79.9. The van der Waals surface area contributed by atoms with E-state index in [1.54, 1.807) is 24.3 Å². The second-order valence-electron chi connectivity index (χ2n) is 5.33. The highest BCUT2D eigenvalue weighted by Gasteiger charge is 2.08. The Morgan fingerprint density at radius 3 is 2.44 bits per heavy atom. The van der Waals surface area contributed by atoms with Gasteiger partial charge in [0.25, 0.3) is 0 Å². The Bertz CT molecular complexity index is 675. The van der Waals surface area contributed by atoms with Crippen molar-refractivity contribution >= 4 is 27.9 Å². The molecule has 0 saturated carbocycles. The van der Waals surface area contributed by atoms with Gasteiger partial charge < -0.3 is 9.47 Å². The molecule has 1 amide bonds. The number of unbranched alkanes of at least 4 members (excludes halogenated alkanes) is 1. The van der Waals surface area contributed by atoms with E-state index in [4.69, 9.17) is 14.9 Å². The normalized spacial score (nSPS) is 10.1. The van der Waals surface area contributed by atoms with Gasteiger partial charge in [0.2, 0.25) is 0 Å². The number of hydrogen-bond acceptors (Lipinski definition) is 4. The van der Waals surface area contributed by atoms with Crippen LogP contribution in [-0.2, 0) is 11.3 Å². The number of alkyl halides is 1. The summed E-state index contributed by atoms with van der Waals surface area (Å²) >= 11 is 3.38. The standard InChI is InChI=1S/C19H21BrN2O3/c20-12-4-5-13-24-17-10-8-16(9-11-17)18(21)22-19(23)25-14-15-6-2-1-3-7-15/h1-3,6-11H,4-5,12-14H2,(H2,21,22,23). The molecule has 0 heterocycles. The predicted molar refractivity (Wildman–Crippen MR) is 102 cm³/mol. The maximum atomic E-state index is 11.8. The molecule has 6 heteroatoms. The molecule has 0 bridgehead atoms. The first-order valence-electron chi connectivity index (χ1n) is 8.04. The number of benzene rings is 2. The molecule has 0 aliphatic heterocycles. The van der Waals surface area contributed by atoms with Crippen molar-refractivity contribution in [1.82, 2.24) is 5.32 Å². The zero-order valence-electron chi connectivity index (χ0n) is 13.8. The lowest BCUT2D eigenvalue weighted by atomic mass is 10.2. The van der Waals surface area contributed by atoms with Gasteiger partial charge >= 0.3 is 6.09 Å². The van der Waals surface area contributed by atoms with Crippen molar-refractivity contribution in [2.24, 2.45) is 0 Å². The summed E-state index contributed by atoms with van der Waals surface area (Å²) in [6, 6.07) is 16.4. The molecule has 0 atom stereocenters. The molecule has 0 aliphatic rings. The van der Waals surface area contributed by atoms with Gasteiger partial charge in [-0.1, -0.05) is 46.3 Å². The molecule has 2 aromatic carbocycles. The van der Waals surface area contributed by atoms with Crippen molar-refractivity contribution in [1.29, 1.82) is 5.41 Å². The van der Waals surface area contributed by atoms with Crippen LogP contribution in [0.2, 0.25) is 0 Å². The van der Waals surface area contributed by atoms with Crippen molar-refractivity contribution in [3.63, 3.8) is 0 Å². The van der Waals surface area contributed by atoms with Crippen LogP contribution in [0.5, 0.6) is 5.75 Å². The minimum absolute atomic E-state index is 0.0103. The molecule has 0 aliphatic carbocycles. The Morgan fingerprint density at radius 1 is 1.04 bits per heavy atom. The van der Waals surface area contributed by atoms with Gasteiger partial charge in [-0.3, -0.25) is 10.7 Å². The van der Waals surface area contributed by atoms with E-state index in [1.807, 2.05) is 30.3 Å². The Morgan fingerprint density at radius 2 is 1.76 bits per heavy atom. The first kappa shape index (κ1) is 19.0. The van der Waals surface area contributed by atoms with E-state index in [-0.39, 0.29) is 12.4 Å². The lowest BCUT2D eigenvalue weighted by Crippen LogP contribution is -2.30. The Labute approximate surface area is 156 Å². The van der Waals surface area contributed by atoms with Crippen LogP contribution in [0.25, 0.3) is 0 Å². The molecule has 0 aromatic heterocycles. The molecular formula is C19H21BrN2O3. The van der Waals surface area contributed by atoms with Crippen LogP contribution < -0.4 is 10.1 Å². The van der Waals surface area contributed by atoms with Gasteiger partial charge in [-0.15, -0.1) is 0 Å². The number of amidine groups is 1. The first-order valence-corrected chi connectivity index (χ1v) is 9.16. The van der Waals surface area contributed by atoms with Crippen LogP contribution >= 0.6 is 15.9 Å². The van der Waals surface area contributed by atoms with Crippen molar-refractivity contribution in [2.75, 3.05) is 11.9 Å². The number of ether oxygens (including phenoxy) is 2. The quantitative estimate of drug-likeness (QED) is 0.294. The van der Waals surface area contributed by atoms with Crippen LogP contribution in [-0.4, -0.2) is 23.9 Å². The van der Waals surface area contributed by atoms with E-state index < -0.39 is 6.09 Å². The molecule has 5 nitrogen and oxygen atoms in total. The SMILES string of the molecule is N=C(NC(=O)OCc1ccccc1)c1ccc(OCCCCBr)cc1. The van der Waals surface area contributed by atoms with Crippen LogP contribution in [0.4, 0.5) is 4.79 Å². The number of halogens is 1. The molecule has 25 heavy (non-hydrogen) atoms. The minimum atomic E-state index is -0.649. The molecule has 0 spiro atoms. The number of hydrogen-bond donors (Lipinski definition) is 2. The summed E-state index contributed by atoms with van der Waals surface area (Å²) in [7, 11) is 0. The third kappa shape index (κ3) is 6.97. The molecule has 132 valence electrons. The van der Waals surface area contributed by atoms with E-state index in [1.165, 1.54) is 0 Å². The molecular weight excluding hydrogens is 384 g/mol. The fourth-order valence-electron chi connectivity index (χ4n) is 2.04. The zero-order chi connectivity index (χ0) is 17.9. The molecule has 2 rings (SSSR count). The number of amides is 1. The second-order valence-corrected chi connectivity index (χ2v) is 6.12. The predicted octanol–water partition coefficient (Wildman–Crippen LogP) is 4.49. The van der Waals surface area contributed by atoms with Gasteiger partial charge in [-0.2, -0.15) is 0 Å². The summed E-state index contributed by atoms with van der Waals surface area (Å²) in [6.45, 7) is 0.827. The van der Waals surface area contributed by atoms with Crippen LogP contribution in [0.1, 0.15) is 24.0 Å².